The fraction of sp³-hybridized carbons (Fsp3) is 0.571. The fourth-order valence-electron chi connectivity index (χ4n) is 2.31. The lowest BCUT2D eigenvalue weighted by Gasteiger charge is -2.22. The summed E-state index contributed by atoms with van der Waals surface area (Å²) in [6, 6.07) is 5.59. The minimum absolute atomic E-state index is 0.250. The van der Waals surface area contributed by atoms with Gasteiger partial charge in [-0.15, -0.1) is 0 Å². The SMILES string of the molecule is COc1cccc(OC)c1C(O)C(C)C1CC1. The largest absolute Gasteiger partial charge is 0.496 e. The van der Waals surface area contributed by atoms with Crippen LogP contribution in [0.1, 0.15) is 31.4 Å². The Kier molecular flexibility index (Phi) is 3.57. The summed E-state index contributed by atoms with van der Waals surface area (Å²) in [5.41, 5.74) is 0.775. The van der Waals surface area contributed by atoms with Crippen LogP contribution in [0.4, 0.5) is 0 Å². The number of rotatable bonds is 5. The highest BCUT2D eigenvalue weighted by Crippen LogP contribution is 2.46. The predicted octanol–water partition coefficient (Wildman–Crippen LogP) is 2.78. The van der Waals surface area contributed by atoms with Gasteiger partial charge >= 0.3 is 0 Å². The minimum atomic E-state index is -0.520. The molecule has 3 nitrogen and oxygen atoms in total. The van der Waals surface area contributed by atoms with E-state index in [2.05, 4.69) is 6.92 Å². The molecule has 94 valence electrons. The van der Waals surface area contributed by atoms with Crippen LogP contribution in [0.25, 0.3) is 0 Å². The van der Waals surface area contributed by atoms with Crippen LogP contribution in [0.2, 0.25) is 0 Å². The zero-order valence-electron chi connectivity index (χ0n) is 10.6. The van der Waals surface area contributed by atoms with Crippen molar-refractivity contribution in [2.45, 2.75) is 25.9 Å². The molecule has 2 rings (SSSR count). The summed E-state index contributed by atoms with van der Waals surface area (Å²) in [7, 11) is 3.24. The van der Waals surface area contributed by atoms with Crippen molar-refractivity contribution in [2.24, 2.45) is 11.8 Å². The van der Waals surface area contributed by atoms with Gasteiger partial charge in [0.2, 0.25) is 0 Å². The van der Waals surface area contributed by atoms with Crippen LogP contribution in [-0.4, -0.2) is 19.3 Å². The number of aliphatic hydroxyl groups is 1. The Morgan fingerprint density at radius 2 is 1.71 bits per heavy atom. The molecule has 0 radical (unpaired) electrons. The maximum absolute atomic E-state index is 10.5. The van der Waals surface area contributed by atoms with Crippen LogP contribution in [0.5, 0.6) is 11.5 Å². The third-order valence-electron chi connectivity index (χ3n) is 3.63. The number of hydrogen-bond donors (Lipinski definition) is 1. The molecule has 0 heterocycles. The van der Waals surface area contributed by atoms with Crippen molar-refractivity contribution in [3.8, 4) is 11.5 Å². The van der Waals surface area contributed by atoms with E-state index in [-0.39, 0.29) is 5.92 Å². The van der Waals surface area contributed by atoms with Gasteiger partial charge in [0.25, 0.3) is 0 Å². The molecule has 2 atom stereocenters. The Hall–Kier alpha value is -1.22. The molecule has 2 unspecified atom stereocenters. The smallest absolute Gasteiger partial charge is 0.128 e. The molecular formula is C14H20O3. The second-order valence-electron chi connectivity index (χ2n) is 4.72. The molecule has 0 spiro atoms. The zero-order chi connectivity index (χ0) is 12.4. The number of methoxy groups -OCH3 is 2. The first-order valence-electron chi connectivity index (χ1n) is 6.08. The van der Waals surface area contributed by atoms with Crippen molar-refractivity contribution < 1.29 is 14.6 Å². The van der Waals surface area contributed by atoms with Gasteiger partial charge in [0.15, 0.2) is 0 Å². The molecule has 1 N–H and O–H groups in total. The highest BCUT2D eigenvalue weighted by atomic mass is 16.5. The van der Waals surface area contributed by atoms with Gasteiger partial charge < -0.3 is 14.6 Å². The van der Waals surface area contributed by atoms with E-state index < -0.39 is 6.10 Å². The van der Waals surface area contributed by atoms with Crippen LogP contribution in [-0.2, 0) is 0 Å². The predicted molar refractivity (Wildman–Crippen MR) is 66.4 cm³/mol. The van der Waals surface area contributed by atoms with Gasteiger partial charge in [-0.2, -0.15) is 0 Å². The van der Waals surface area contributed by atoms with Gasteiger partial charge in [0.1, 0.15) is 11.5 Å². The Balaban J connectivity index is 2.33. The summed E-state index contributed by atoms with van der Waals surface area (Å²) in [5, 5.41) is 10.5. The summed E-state index contributed by atoms with van der Waals surface area (Å²) in [5.74, 6) is 2.29. The maximum atomic E-state index is 10.5. The fourth-order valence-corrected chi connectivity index (χ4v) is 2.31. The van der Waals surface area contributed by atoms with Crippen LogP contribution in [0.15, 0.2) is 18.2 Å². The zero-order valence-corrected chi connectivity index (χ0v) is 10.6. The molecule has 1 aliphatic carbocycles. The first kappa shape index (κ1) is 12.2. The topological polar surface area (TPSA) is 38.7 Å². The monoisotopic (exact) mass is 236 g/mol. The molecule has 0 saturated heterocycles. The van der Waals surface area contributed by atoms with Crippen LogP contribution >= 0.6 is 0 Å². The molecule has 0 amide bonds. The molecule has 17 heavy (non-hydrogen) atoms. The molecule has 1 aliphatic rings. The summed E-state index contributed by atoms with van der Waals surface area (Å²) < 4.78 is 10.6. The molecule has 1 saturated carbocycles. The molecule has 0 bridgehead atoms. The van der Waals surface area contributed by atoms with Crippen LogP contribution in [0.3, 0.4) is 0 Å². The second kappa shape index (κ2) is 4.96. The molecule has 3 heteroatoms. The summed E-state index contributed by atoms with van der Waals surface area (Å²) >= 11 is 0. The van der Waals surface area contributed by atoms with E-state index in [4.69, 9.17) is 9.47 Å². The average Bonchev–Trinajstić information content (AvgIpc) is 3.20. The van der Waals surface area contributed by atoms with Crippen molar-refractivity contribution in [3.63, 3.8) is 0 Å². The highest BCUT2D eigenvalue weighted by molar-refractivity contribution is 5.46. The van der Waals surface area contributed by atoms with E-state index in [0.717, 1.165) is 5.56 Å². The number of hydrogen-bond acceptors (Lipinski definition) is 3. The summed E-state index contributed by atoms with van der Waals surface area (Å²) in [6.45, 7) is 2.09. The Bertz CT molecular complexity index is 363. The van der Waals surface area contributed by atoms with Crippen molar-refractivity contribution >= 4 is 0 Å². The third kappa shape index (κ3) is 2.39. The van der Waals surface area contributed by atoms with Gasteiger partial charge in [-0.05, 0) is 36.8 Å². The quantitative estimate of drug-likeness (QED) is 0.854. The Morgan fingerprint density at radius 3 is 2.12 bits per heavy atom. The normalized spacial score (nSPS) is 18.6. The van der Waals surface area contributed by atoms with Gasteiger partial charge in [0.05, 0.1) is 25.9 Å². The van der Waals surface area contributed by atoms with E-state index in [1.54, 1.807) is 14.2 Å². The number of ether oxygens (including phenoxy) is 2. The van der Waals surface area contributed by atoms with Gasteiger partial charge in [-0.3, -0.25) is 0 Å². The standard InChI is InChI=1S/C14H20O3/c1-9(10-7-8-10)14(15)13-11(16-2)5-4-6-12(13)17-3/h4-6,9-10,14-15H,7-8H2,1-3H3. The molecular weight excluding hydrogens is 216 g/mol. The Morgan fingerprint density at radius 1 is 1.18 bits per heavy atom. The first-order chi connectivity index (χ1) is 8.19. The van der Waals surface area contributed by atoms with Crippen LogP contribution < -0.4 is 9.47 Å². The van der Waals surface area contributed by atoms with Crippen molar-refractivity contribution in [3.05, 3.63) is 23.8 Å². The second-order valence-corrected chi connectivity index (χ2v) is 4.72. The number of aliphatic hydroxyl groups excluding tert-OH is 1. The van der Waals surface area contributed by atoms with Gasteiger partial charge in [0, 0.05) is 0 Å². The number of benzene rings is 1. The van der Waals surface area contributed by atoms with Crippen molar-refractivity contribution in [1.82, 2.24) is 0 Å². The van der Waals surface area contributed by atoms with Gasteiger partial charge in [-0.1, -0.05) is 13.0 Å². The molecule has 1 aromatic carbocycles. The minimum Gasteiger partial charge on any atom is -0.496 e. The van der Waals surface area contributed by atoms with E-state index in [1.165, 1.54) is 12.8 Å². The maximum Gasteiger partial charge on any atom is 0.128 e. The van der Waals surface area contributed by atoms with Crippen molar-refractivity contribution in [1.29, 1.82) is 0 Å². The lowest BCUT2D eigenvalue weighted by Crippen LogP contribution is -2.13. The summed E-state index contributed by atoms with van der Waals surface area (Å²) in [6.07, 6.45) is 1.92. The Labute approximate surface area is 102 Å². The molecule has 0 aliphatic heterocycles. The lowest BCUT2D eigenvalue weighted by molar-refractivity contribution is 0.0999. The first-order valence-corrected chi connectivity index (χ1v) is 6.08. The average molecular weight is 236 g/mol. The van der Waals surface area contributed by atoms with E-state index >= 15 is 0 Å². The van der Waals surface area contributed by atoms with E-state index in [0.29, 0.717) is 17.4 Å². The van der Waals surface area contributed by atoms with Crippen molar-refractivity contribution in [2.75, 3.05) is 14.2 Å². The molecule has 1 aromatic rings. The lowest BCUT2D eigenvalue weighted by atomic mass is 9.92. The highest BCUT2D eigenvalue weighted by Gasteiger charge is 2.35. The molecule has 0 aromatic heterocycles. The summed E-state index contributed by atoms with van der Waals surface area (Å²) in [4.78, 5) is 0. The van der Waals surface area contributed by atoms with Gasteiger partial charge in [-0.25, -0.2) is 0 Å². The van der Waals surface area contributed by atoms with E-state index in [9.17, 15) is 5.11 Å². The van der Waals surface area contributed by atoms with Crippen LogP contribution in [0, 0.1) is 11.8 Å². The van der Waals surface area contributed by atoms with E-state index in [1.807, 2.05) is 18.2 Å². The third-order valence-corrected chi connectivity index (χ3v) is 3.63. The molecule has 1 fully saturated rings.